The van der Waals surface area contributed by atoms with E-state index in [-0.39, 0.29) is 34.7 Å². The van der Waals surface area contributed by atoms with Crippen molar-refractivity contribution in [2.45, 2.75) is 25.3 Å². The lowest BCUT2D eigenvalue weighted by Crippen LogP contribution is -2.47. The van der Waals surface area contributed by atoms with Gasteiger partial charge in [-0.3, -0.25) is 9.89 Å². The number of nitriles is 1. The van der Waals surface area contributed by atoms with E-state index in [2.05, 4.69) is 20.5 Å². The maximum Gasteiger partial charge on any atom is 0.272 e. The number of carbonyl (C=O) groups excluding carboxylic acids is 1. The first kappa shape index (κ1) is 23.4. The monoisotopic (exact) mass is 490 g/mol. The number of aromatic amines is 1. The molecule has 1 amide bonds. The number of hydrogen-bond acceptors (Lipinski definition) is 5. The number of H-pyrrole nitrogens is 1. The summed E-state index contributed by atoms with van der Waals surface area (Å²) in [4.78, 5) is 19.6. The minimum Gasteiger partial charge on any atom is -0.367 e. The van der Waals surface area contributed by atoms with Crippen LogP contribution in [0.2, 0.25) is 0 Å². The van der Waals surface area contributed by atoms with Crippen LogP contribution < -0.4 is 5.32 Å². The Kier molecular flexibility index (Phi) is 6.29. The molecular weight excluding hydrogens is 469 g/mol. The molecule has 1 aliphatic rings. The van der Waals surface area contributed by atoms with Crippen LogP contribution in [0.1, 0.15) is 35.3 Å². The molecule has 0 aliphatic carbocycles. The fourth-order valence-corrected chi connectivity index (χ4v) is 4.52. The summed E-state index contributed by atoms with van der Waals surface area (Å²) in [6.07, 6.45) is 4.03. The lowest BCUT2D eigenvalue weighted by Gasteiger charge is -2.36. The molecule has 3 heterocycles. The molecule has 1 fully saturated rings. The third-order valence-electron chi connectivity index (χ3n) is 6.38. The van der Waals surface area contributed by atoms with Gasteiger partial charge in [0.1, 0.15) is 23.4 Å². The predicted octanol–water partition coefficient (Wildman–Crippen LogP) is 5.02. The number of carbonyl (C=O) groups is 1. The molecule has 1 aliphatic heterocycles. The van der Waals surface area contributed by atoms with E-state index in [1.807, 2.05) is 6.07 Å². The second kappa shape index (κ2) is 9.70. The first-order valence-electron chi connectivity index (χ1n) is 11.5. The summed E-state index contributed by atoms with van der Waals surface area (Å²) < 4.78 is 40.7. The maximum absolute atomic E-state index is 13.7. The molecule has 5 rings (SSSR count). The van der Waals surface area contributed by atoms with Gasteiger partial charge in [-0.25, -0.2) is 18.2 Å². The number of benzene rings is 2. The van der Waals surface area contributed by atoms with Gasteiger partial charge < -0.3 is 10.2 Å². The average molecular weight is 490 g/mol. The molecule has 0 saturated carbocycles. The van der Waals surface area contributed by atoms with Gasteiger partial charge in [-0.2, -0.15) is 10.4 Å². The topological polar surface area (TPSA) is 97.7 Å². The minimum absolute atomic E-state index is 0.189. The summed E-state index contributed by atoms with van der Waals surface area (Å²) in [6.45, 7) is 0.844. The number of piperidine rings is 1. The van der Waals surface area contributed by atoms with Crippen LogP contribution >= 0.6 is 0 Å². The molecule has 36 heavy (non-hydrogen) atoms. The van der Waals surface area contributed by atoms with Crippen molar-refractivity contribution < 1.29 is 18.0 Å². The second-order valence-corrected chi connectivity index (χ2v) is 8.65. The zero-order chi connectivity index (χ0) is 25.2. The Morgan fingerprint density at radius 2 is 1.92 bits per heavy atom. The number of amides is 1. The number of rotatable bonds is 5. The molecule has 10 heteroatoms. The Balaban J connectivity index is 1.38. The van der Waals surface area contributed by atoms with Crippen molar-refractivity contribution in [2.24, 2.45) is 0 Å². The van der Waals surface area contributed by atoms with Crippen LogP contribution in [0, 0.1) is 28.8 Å². The summed E-state index contributed by atoms with van der Waals surface area (Å²) in [5.41, 5.74) is 1.97. The van der Waals surface area contributed by atoms with Gasteiger partial charge in [0, 0.05) is 36.1 Å². The maximum atomic E-state index is 13.7. The first-order chi connectivity index (χ1) is 17.4. The zero-order valence-electron chi connectivity index (χ0n) is 19.1. The first-order valence-corrected chi connectivity index (χ1v) is 11.5. The molecular formula is C26H21F3N6O. The predicted molar refractivity (Wildman–Crippen MR) is 128 cm³/mol. The zero-order valence-corrected chi connectivity index (χ0v) is 19.1. The number of likely N-dealkylation sites (tertiary alicyclic amines) is 1. The number of pyridine rings is 1. The highest BCUT2D eigenvalue weighted by atomic mass is 19.2. The van der Waals surface area contributed by atoms with E-state index in [0.717, 1.165) is 31.4 Å². The highest BCUT2D eigenvalue weighted by Crippen LogP contribution is 2.27. The molecule has 2 aromatic heterocycles. The van der Waals surface area contributed by atoms with Crippen LogP contribution in [0.4, 0.5) is 19.0 Å². The normalized spacial score (nSPS) is 15.6. The molecule has 2 N–H and O–H groups in total. The third-order valence-corrected chi connectivity index (χ3v) is 6.38. The second-order valence-electron chi connectivity index (χ2n) is 8.65. The summed E-state index contributed by atoms with van der Waals surface area (Å²) in [5, 5.41) is 19.8. The van der Waals surface area contributed by atoms with Crippen molar-refractivity contribution in [3.8, 4) is 17.2 Å². The summed E-state index contributed by atoms with van der Waals surface area (Å²) in [5.74, 6) is -2.40. The van der Waals surface area contributed by atoms with E-state index in [1.54, 1.807) is 17.0 Å². The number of fused-ring (bicyclic) bond motifs is 1. The number of halogens is 3. The van der Waals surface area contributed by atoms with Crippen molar-refractivity contribution in [1.82, 2.24) is 20.1 Å². The van der Waals surface area contributed by atoms with Gasteiger partial charge in [-0.05, 0) is 49.1 Å². The molecule has 4 aromatic rings. The van der Waals surface area contributed by atoms with Crippen molar-refractivity contribution >= 4 is 22.6 Å². The van der Waals surface area contributed by atoms with Gasteiger partial charge >= 0.3 is 0 Å². The molecule has 1 atom stereocenters. The van der Waals surface area contributed by atoms with E-state index in [1.165, 1.54) is 24.4 Å². The van der Waals surface area contributed by atoms with E-state index < -0.39 is 11.6 Å². The summed E-state index contributed by atoms with van der Waals surface area (Å²) in [6, 6.07) is 11.1. The largest absolute Gasteiger partial charge is 0.367 e. The van der Waals surface area contributed by atoms with Crippen LogP contribution in [-0.4, -0.2) is 45.1 Å². The molecule has 0 spiro atoms. The third kappa shape index (κ3) is 4.47. The molecule has 182 valence electrons. The average Bonchev–Trinajstić information content (AvgIpc) is 3.38. The van der Waals surface area contributed by atoms with E-state index in [4.69, 9.17) is 0 Å². The number of hydrogen-bond donors (Lipinski definition) is 2. The summed E-state index contributed by atoms with van der Waals surface area (Å²) >= 11 is 0. The van der Waals surface area contributed by atoms with Gasteiger partial charge in [0.15, 0.2) is 11.6 Å². The van der Waals surface area contributed by atoms with Gasteiger partial charge in [0.05, 0.1) is 17.3 Å². The number of aromatic nitrogens is 3. The Hall–Kier alpha value is -4.39. The van der Waals surface area contributed by atoms with E-state index in [0.29, 0.717) is 35.3 Å². The van der Waals surface area contributed by atoms with E-state index in [9.17, 15) is 23.2 Å². The quantitative estimate of drug-likeness (QED) is 0.409. The van der Waals surface area contributed by atoms with Crippen LogP contribution in [-0.2, 0) is 0 Å². The Bertz CT molecular complexity index is 1480. The van der Waals surface area contributed by atoms with Gasteiger partial charge in [0.25, 0.3) is 5.91 Å². The fraction of sp³-hybridized carbons (Fsp3) is 0.231. The van der Waals surface area contributed by atoms with Crippen LogP contribution in [0.15, 0.2) is 48.7 Å². The van der Waals surface area contributed by atoms with Crippen molar-refractivity contribution in [3.63, 3.8) is 0 Å². The van der Waals surface area contributed by atoms with Gasteiger partial charge in [-0.1, -0.05) is 12.1 Å². The fourth-order valence-electron chi connectivity index (χ4n) is 4.52. The lowest BCUT2D eigenvalue weighted by molar-refractivity contribution is 0.0623. The van der Waals surface area contributed by atoms with Gasteiger partial charge in [0.2, 0.25) is 0 Å². The van der Waals surface area contributed by atoms with Crippen molar-refractivity contribution in [2.75, 3.05) is 18.4 Å². The summed E-state index contributed by atoms with van der Waals surface area (Å²) in [7, 11) is 0. The molecule has 0 radical (unpaired) electrons. The molecule has 7 nitrogen and oxygen atoms in total. The van der Waals surface area contributed by atoms with Crippen LogP contribution in [0.25, 0.3) is 22.0 Å². The van der Waals surface area contributed by atoms with Crippen molar-refractivity contribution in [1.29, 1.82) is 5.26 Å². The lowest BCUT2D eigenvalue weighted by atomic mass is 10.00. The highest BCUT2D eigenvalue weighted by Gasteiger charge is 2.30. The highest BCUT2D eigenvalue weighted by molar-refractivity contribution is 5.99. The molecule has 0 unspecified atom stereocenters. The Morgan fingerprint density at radius 3 is 2.69 bits per heavy atom. The van der Waals surface area contributed by atoms with Crippen LogP contribution in [0.3, 0.4) is 0 Å². The SMILES string of the molecule is N#Cc1cc2cc(F)c(F)cc2nc1NC[C@@H]1CCCCN1C(=O)c1[nH]ncc1-c1ccc(F)cc1. The number of nitrogens with one attached hydrogen (secondary N) is 2. The van der Waals surface area contributed by atoms with Gasteiger partial charge in [-0.15, -0.1) is 0 Å². The van der Waals surface area contributed by atoms with Crippen LogP contribution in [0.5, 0.6) is 0 Å². The number of anilines is 1. The smallest absolute Gasteiger partial charge is 0.272 e. The van der Waals surface area contributed by atoms with Crippen molar-refractivity contribution in [3.05, 3.63) is 77.4 Å². The number of nitrogens with zero attached hydrogens (tertiary/aromatic N) is 4. The Morgan fingerprint density at radius 1 is 1.14 bits per heavy atom. The molecule has 0 bridgehead atoms. The minimum atomic E-state index is -1.02. The van der Waals surface area contributed by atoms with E-state index >= 15 is 0 Å². The molecule has 2 aromatic carbocycles. The standard InChI is InChI=1S/C26H21F3N6O/c27-18-6-4-15(5-7-18)20-14-32-34-24(20)26(36)35-8-2-1-3-19(35)13-31-25-17(12-30)9-16-10-21(28)22(29)11-23(16)33-25/h4-7,9-11,14,19H,1-3,8,13H2,(H,31,33)(H,32,34)/t19-/m0/s1. The Labute approximate surface area is 204 Å². The molecule has 1 saturated heterocycles.